The first-order valence-electron chi connectivity index (χ1n) is 6.05. The van der Waals surface area contributed by atoms with Crippen molar-refractivity contribution in [2.75, 3.05) is 18.4 Å². The Labute approximate surface area is 105 Å². The highest BCUT2D eigenvalue weighted by Crippen LogP contribution is 2.21. The van der Waals surface area contributed by atoms with Crippen molar-refractivity contribution in [1.29, 1.82) is 0 Å². The zero-order valence-electron chi connectivity index (χ0n) is 10.2. The Morgan fingerprint density at radius 3 is 2.61 bits per heavy atom. The molecule has 1 saturated heterocycles. The van der Waals surface area contributed by atoms with Gasteiger partial charge in [0.1, 0.15) is 11.6 Å². The molecule has 0 aliphatic carbocycles. The maximum Gasteiger partial charge on any atom is 0.227 e. The quantitative estimate of drug-likeness (QED) is 0.849. The van der Waals surface area contributed by atoms with Crippen LogP contribution in [0.1, 0.15) is 18.4 Å². The number of hydrogen-bond donors (Lipinski definition) is 2. The summed E-state index contributed by atoms with van der Waals surface area (Å²) >= 11 is 0. The van der Waals surface area contributed by atoms with E-state index in [0.717, 1.165) is 38.1 Å². The van der Waals surface area contributed by atoms with Gasteiger partial charge in [0.25, 0.3) is 0 Å². The number of benzene rings is 1. The highest BCUT2D eigenvalue weighted by atomic mass is 19.1. The molecule has 1 amide bonds. The Balaban J connectivity index is 2.08. The molecule has 0 saturated carbocycles. The number of amides is 1. The molecule has 5 heteroatoms. The number of aryl methyl sites for hydroxylation is 1. The molecule has 18 heavy (non-hydrogen) atoms. The highest BCUT2D eigenvalue weighted by Gasteiger charge is 2.22. The number of nitrogens with one attached hydrogen (secondary N) is 2. The van der Waals surface area contributed by atoms with Crippen LogP contribution in [0.4, 0.5) is 14.5 Å². The van der Waals surface area contributed by atoms with Crippen LogP contribution in [0.5, 0.6) is 0 Å². The van der Waals surface area contributed by atoms with Crippen LogP contribution < -0.4 is 10.6 Å². The van der Waals surface area contributed by atoms with Crippen molar-refractivity contribution in [2.24, 2.45) is 5.92 Å². The molecule has 98 valence electrons. The summed E-state index contributed by atoms with van der Waals surface area (Å²) in [6.07, 6.45) is 1.45. The van der Waals surface area contributed by atoms with Crippen molar-refractivity contribution < 1.29 is 13.6 Å². The molecule has 3 nitrogen and oxygen atoms in total. The zero-order chi connectivity index (χ0) is 13.1. The topological polar surface area (TPSA) is 41.1 Å². The molecule has 1 fully saturated rings. The van der Waals surface area contributed by atoms with E-state index in [0.29, 0.717) is 0 Å². The number of rotatable bonds is 2. The fourth-order valence-corrected chi connectivity index (χ4v) is 2.06. The molecule has 1 aromatic rings. The van der Waals surface area contributed by atoms with Crippen LogP contribution >= 0.6 is 0 Å². The number of hydrogen-bond acceptors (Lipinski definition) is 2. The Bertz CT molecular complexity index is 457. The fraction of sp³-hybridized carbons (Fsp3) is 0.462. The van der Waals surface area contributed by atoms with E-state index in [1.165, 1.54) is 6.92 Å². The molecule has 0 bridgehead atoms. The van der Waals surface area contributed by atoms with Crippen molar-refractivity contribution in [1.82, 2.24) is 5.32 Å². The van der Waals surface area contributed by atoms with E-state index < -0.39 is 11.6 Å². The van der Waals surface area contributed by atoms with Gasteiger partial charge >= 0.3 is 0 Å². The number of carbonyl (C=O) groups is 1. The average Bonchev–Trinajstić information content (AvgIpc) is 2.37. The first kappa shape index (κ1) is 13.0. The highest BCUT2D eigenvalue weighted by molar-refractivity contribution is 5.92. The normalized spacial score (nSPS) is 16.6. The van der Waals surface area contributed by atoms with Crippen molar-refractivity contribution in [3.63, 3.8) is 0 Å². The standard InChI is InChI=1S/C13H16F2N2O/c1-8-6-11(15)12(7-10(8)14)17-13(18)9-2-4-16-5-3-9/h6-7,9,16H,2-5H2,1H3,(H,17,18). The summed E-state index contributed by atoms with van der Waals surface area (Å²) < 4.78 is 26.9. The summed E-state index contributed by atoms with van der Waals surface area (Å²) in [4.78, 5) is 11.9. The molecule has 1 aliphatic rings. The van der Waals surface area contributed by atoms with Crippen LogP contribution in [0.15, 0.2) is 12.1 Å². The van der Waals surface area contributed by atoms with Gasteiger partial charge in [-0.1, -0.05) is 0 Å². The van der Waals surface area contributed by atoms with E-state index in [1.807, 2.05) is 0 Å². The van der Waals surface area contributed by atoms with Crippen LogP contribution in [0.2, 0.25) is 0 Å². The van der Waals surface area contributed by atoms with Gasteiger partial charge < -0.3 is 10.6 Å². The molecule has 1 aromatic carbocycles. The van der Waals surface area contributed by atoms with E-state index in [4.69, 9.17) is 0 Å². The van der Waals surface area contributed by atoms with Gasteiger partial charge in [-0.25, -0.2) is 8.78 Å². The minimum absolute atomic E-state index is 0.0818. The number of anilines is 1. The minimum atomic E-state index is -0.601. The third-order valence-electron chi connectivity index (χ3n) is 3.22. The predicted molar refractivity (Wildman–Crippen MR) is 65.3 cm³/mol. The van der Waals surface area contributed by atoms with Crippen LogP contribution in [-0.2, 0) is 4.79 Å². The molecule has 0 atom stereocenters. The van der Waals surface area contributed by atoms with Crippen molar-refractivity contribution in [3.05, 3.63) is 29.3 Å². The van der Waals surface area contributed by atoms with Gasteiger partial charge in [0.15, 0.2) is 0 Å². The van der Waals surface area contributed by atoms with Crippen molar-refractivity contribution >= 4 is 11.6 Å². The fourth-order valence-electron chi connectivity index (χ4n) is 2.06. The Kier molecular flexibility index (Phi) is 3.91. The lowest BCUT2D eigenvalue weighted by Crippen LogP contribution is -2.34. The van der Waals surface area contributed by atoms with Crippen molar-refractivity contribution in [3.8, 4) is 0 Å². The molecular weight excluding hydrogens is 238 g/mol. The predicted octanol–water partition coefficient (Wildman–Crippen LogP) is 2.21. The average molecular weight is 254 g/mol. The minimum Gasteiger partial charge on any atom is -0.323 e. The maximum absolute atomic E-state index is 13.6. The molecule has 0 radical (unpaired) electrons. The molecule has 2 N–H and O–H groups in total. The number of halogens is 2. The molecule has 2 rings (SSSR count). The number of carbonyl (C=O) groups excluding carboxylic acids is 1. The second-order valence-corrected chi connectivity index (χ2v) is 4.59. The van der Waals surface area contributed by atoms with Gasteiger partial charge in [-0.3, -0.25) is 4.79 Å². The first-order chi connectivity index (χ1) is 8.58. The number of piperidine rings is 1. The van der Waals surface area contributed by atoms with Gasteiger partial charge in [0.05, 0.1) is 5.69 Å². The van der Waals surface area contributed by atoms with Gasteiger partial charge in [-0.2, -0.15) is 0 Å². The first-order valence-corrected chi connectivity index (χ1v) is 6.05. The lowest BCUT2D eigenvalue weighted by molar-refractivity contribution is -0.120. The van der Waals surface area contributed by atoms with Gasteiger partial charge in [0, 0.05) is 12.0 Å². The van der Waals surface area contributed by atoms with Crippen LogP contribution in [-0.4, -0.2) is 19.0 Å². The summed E-state index contributed by atoms with van der Waals surface area (Å²) in [6, 6.07) is 2.12. The van der Waals surface area contributed by atoms with Crippen LogP contribution in [0.25, 0.3) is 0 Å². The summed E-state index contributed by atoms with van der Waals surface area (Å²) in [5.74, 6) is -1.48. The molecule has 0 spiro atoms. The molecule has 1 aliphatic heterocycles. The van der Waals surface area contributed by atoms with Crippen molar-refractivity contribution in [2.45, 2.75) is 19.8 Å². The van der Waals surface area contributed by atoms with Gasteiger partial charge in [-0.05, 0) is 44.5 Å². The van der Waals surface area contributed by atoms with E-state index in [9.17, 15) is 13.6 Å². The molecular formula is C13H16F2N2O. The van der Waals surface area contributed by atoms with Gasteiger partial charge in [-0.15, -0.1) is 0 Å². The maximum atomic E-state index is 13.6. The Morgan fingerprint density at radius 1 is 1.28 bits per heavy atom. The summed E-state index contributed by atoms with van der Waals surface area (Å²) in [6.45, 7) is 3.04. The Morgan fingerprint density at radius 2 is 1.94 bits per heavy atom. The lowest BCUT2D eigenvalue weighted by Gasteiger charge is -2.21. The van der Waals surface area contributed by atoms with Crippen LogP contribution in [0, 0.1) is 24.5 Å². The Hall–Kier alpha value is -1.49. The van der Waals surface area contributed by atoms with E-state index in [2.05, 4.69) is 10.6 Å². The summed E-state index contributed by atoms with van der Waals surface area (Å²) in [5.41, 5.74) is 0.147. The monoisotopic (exact) mass is 254 g/mol. The van der Waals surface area contributed by atoms with Crippen LogP contribution in [0.3, 0.4) is 0 Å². The van der Waals surface area contributed by atoms with E-state index in [-0.39, 0.29) is 23.1 Å². The van der Waals surface area contributed by atoms with Gasteiger partial charge in [0.2, 0.25) is 5.91 Å². The van der Waals surface area contributed by atoms with E-state index >= 15 is 0 Å². The third-order valence-corrected chi connectivity index (χ3v) is 3.22. The summed E-state index contributed by atoms with van der Waals surface area (Å²) in [7, 11) is 0. The molecule has 1 heterocycles. The second kappa shape index (κ2) is 5.44. The second-order valence-electron chi connectivity index (χ2n) is 4.59. The van der Waals surface area contributed by atoms with E-state index in [1.54, 1.807) is 0 Å². The SMILES string of the molecule is Cc1cc(F)c(NC(=O)C2CCNCC2)cc1F. The summed E-state index contributed by atoms with van der Waals surface area (Å²) in [5, 5.41) is 5.61. The lowest BCUT2D eigenvalue weighted by atomic mass is 9.97. The smallest absolute Gasteiger partial charge is 0.227 e. The third kappa shape index (κ3) is 2.85. The largest absolute Gasteiger partial charge is 0.323 e. The molecule has 0 unspecified atom stereocenters. The zero-order valence-corrected chi connectivity index (χ0v) is 10.2. The molecule has 0 aromatic heterocycles.